The average molecular weight is 399 g/mol. The number of sulfonamides is 1. The maximum atomic E-state index is 12.2. The molecule has 0 spiro atoms. The highest BCUT2D eigenvalue weighted by Crippen LogP contribution is 2.25. The van der Waals surface area contributed by atoms with Gasteiger partial charge in [-0.3, -0.25) is 4.79 Å². The number of rotatable bonds is 3. The van der Waals surface area contributed by atoms with Crippen LogP contribution in [0.5, 0.6) is 0 Å². The van der Waals surface area contributed by atoms with Gasteiger partial charge in [0.15, 0.2) is 0 Å². The fourth-order valence-corrected chi connectivity index (χ4v) is 3.40. The van der Waals surface area contributed by atoms with Crippen molar-refractivity contribution in [3.05, 3.63) is 62.1 Å². The number of amides is 1. The van der Waals surface area contributed by atoms with Crippen LogP contribution in [-0.4, -0.2) is 14.3 Å². The summed E-state index contributed by atoms with van der Waals surface area (Å²) in [6, 6.07) is 7.77. The van der Waals surface area contributed by atoms with Crippen molar-refractivity contribution in [1.29, 1.82) is 0 Å². The molecule has 0 saturated carbocycles. The summed E-state index contributed by atoms with van der Waals surface area (Å²) in [4.78, 5) is 11.8. The average Bonchev–Trinajstić information content (AvgIpc) is 2.40. The van der Waals surface area contributed by atoms with E-state index in [0.29, 0.717) is 5.02 Å². The Morgan fingerprint density at radius 2 is 1.55 bits per heavy atom. The van der Waals surface area contributed by atoms with Crippen LogP contribution in [0.4, 0.5) is 0 Å². The Hall–Kier alpha value is -0.980. The molecule has 0 heterocycles. The van der Waals surface area contributed by atoms with E-state index in [4.69, 9.17) is 46.4 Å². The molecule has 2 rings (SSSR count). The van der Waals surface area contributed by atoms with E-state index in [2.05, 4.69) is 0 Å². The molecule has 0 aliphatic rings. The van der Waals surface area contributed by atoms with Crippen LogP contribution >= 0.6 is 46.4 Å². The van der Waals surface area contributed by atoms with Crippen LogP contribution in [0.1, 0.15) is 10.4 Å². The van der Waals surface area contributed by atoms with Crippen LogP contribution in [0.3, 0.4) is 0 Å². The van der Waals surface area contributed by atoms with Crippen molar-refractivity contribution in [1.82, 2.24) is 4.72 Å². The lowest BCUT2D eigenvalue weighted by atomic mass is 10.2. The van der Waals surface area contributed by atoms with Gasteiger partial charge in [-0.05, 0) is 36.4 Å². The van der Waals surface area contributed by atoms with E-state index in [-0.39, 0.29) is 25.5 Å². The molecule has 0 bridgehead atoms. The minimum absolute atomic E-state index is 0.0188. The van der Waals surface area contributed by atoms with E-state index >= 15 is 0 Å². The van der Waals surface area contributed by atoms with Gasteiger partial charge < -0.3 is 0 Å². The first-order valence-electron chi connectivity index (χ1n) is 5.68. The van der Waals surface area contributed by atoms with Crippen LogP contribution in [0.25, 0.3) is 0 Å². The van der Waals surface area contributed by atoms with E-state index < -0.39 is 15.9 Å². The fourth-order valence-electron chi connectivity index (χ4n) is 1.55. The Kier molecular flexibility index (Phi) is 5.25. The minimum atomic E-state index is -4.11. The number of hydrogen-bond acceptors (Lipinski definition) is 3. The van der Waals surface area contributed by atoms with Gasteiger partial charge in [-0.25, -0.2) is 13.1 Å². The highest BCUT2D eigenvalue weighted by molar-refractivity contribution is 7.90. The second kappa shape index (κ2) is 6.64. The molecule has 0 aliphatic heterocycles. The Morgan fingerprint density at radius 3 is 2.14 bits per heavy atom. The van der Waals surface area contributed by atoms with Crippen molar-refractivity contribution in [2.75, 3.05) is 0 Å². The Morgan fingerprint density at radius 1 is 0.864 bits per heavy atom. The van der Waals surface area contributed by atoms with Crippen molar-refractivity contribution in [3.8, 4) is 0 Å². The molecule has 0 saturated heterocycles. The van der Waals surface area contributed by atoms with Crippen molar-refractivity contribution >= 4 is 62.3 Å². The smallest absolute Gasteiger partial charge is 0.266 e. The Balaban J connectivity index is 2.31. The largest absolute Gasteiger partial charge is 0.268 e. The van der Waals surface area contributed by atoms with Gasteiger partial charge in [0.2, 0.25) is 0 Å². The van der Waals surface area contributed by atoms with Crippen LogP contribution in [0, 0.1) is 0 Å². The van der Waals surface area contributed by atoms with E-state index in [1.165, 1.54) is 30.3 Å². The molecule has 116 valence electrons. The van der Waals surface area contributed by atoms with Crippen molar-refractivity contribution in [3.63, 3.8) is 0 Å². The van der Waals surface area contributed by atoms with E-state index in [1.807, 2.05) is 4.72 Å². The topological polar surface area (TPSA) is 63.2 Å². The molecule has 0 unspecified atom stereocenters. The molecular formula is C13H7Cl4NO3S. The first-order valence-corrected chi connectivity index (χ1v) is 8.67. The summed E-state index contributed by atoms with van der Waals surface area (Å²) < 4.78 is 26.2. The molecule has 1 N–H and O–H groups in total. The summed E-state index contributed by atoms with van der Waals surface area (Å²) >= 11 is 23.1. The van der Waals surface area contributed by atoms with Crippen LogP contribution in [0.15, 0.2) is 41.3 Å². The van der Waals surface area contributed by atoms with Gasteiger partial charge in [0.1, 0.15) is 0 Å². The van der Waals surface area contributed by atoms with Crippen LogP contribution in [-0.2, 0) is 10.0 Å². The predicted molar refractivity (Wildman–Crippen MR) is 87.6 cm³/mol. The zero-order valence-corrected chi connectivity index (χ0v) is 14.4. The lowest BCUT2D eigenvalue weighted by Gasteiger charge is -2.09. The maximum Gasteiger partial charge on any atom is 0.266 e. The molecule has 22 heavy (non-hydrogen) atoms. The summed E-state index contributed by atoms with van der Waals surface area (Å²) in [6.45, 7) is 0. The van der Waals surface area contributed by atoms with Crippen molar-refractivity contribution < 1.29 is 13.2 Å². The third-order valence-electron chi connectivity index (χ3n) is 2.60. The van der Waals surface area contributed by atoms with Gasteiger partial charge >= 0.3 is 0 Å². The molecule has 0 radical (unpaired) electrons. The standard InChI is InChI=1S/C13H7Cl4NO3S/c14-7-1-3-9(11(16)5-7)13(19)18-22(20,21)8-2-4-10(15)12(17)6-8/h1-6H,(H,18,19). The number of hydrogen-bond donors (Lipinski definition) is 1. The minimum Gasteiger partial charge on any atom is -0.268 e. The number of nitrogens with one attached hydrogen (secondary N) is 1. The molecule has 9 heteroatoms. The predicted octanol–water partition coefficient (Wildman–Crippen LogP) is 4.42. The third-order valence-corrected chi connectivity index (χ3v) is 5.22. The number of benzene rings is 2. The monoisotopic (exact) mass is 397 g/mol. The zero-order valence-electron chi connectivity index (χ0n) is 10.6. The summed E-state index contributed by atoms with van der Waals surface area (Å²) in [5.41, 5.74) is -0.0188. The zero-order chi connectivity index (χ0) is 16.5. The van der Waals surface area contributed by atoms with Crippen LogP contribution < -0.4 is 4.72 Å². The van der Waals surface area contributed by atoms with Gasteiger partial charge in [-0.1, -0.05) is 46.4 Å². The maximum absolute atomic E-state index is 12.2. The molecule has 2 aromatic rings. The lowest BCUT2D eigenvalue weighted by molar-refractivity contribution is 0.0981. The quantitative estimate of drug-likeness (QED) is 0.832. The highest BCUT2D eigenvalue weighted by Gasteiger charge is 2.21. The number of halogens is 4. The van der Waals surface area contributed by atoms with E-state index in [0.717, 1.165) is 6.07 Å². The second-order valence-electron chi connectivity index (χ2n) is 4.13. The summed E-state index contributed by atoms with van der Waals surface area (Å²) in [5, 5.41) is 0.623. The molecule has 0 fully saturated rings. The highest BCUT2D eigenvalue weighted by atomic mass is 35.5. The molecular weight excluding hydrogens is 392 g/mol. The number of carbonyl (C=O) groups is 1. The molecule has 0 aliphatic carbocycles. The molecule has 4 nitrogen and oxygen atoms in total. The van der Waals surface area contributed by atoms with Gasteiger partial charge in [-0.15, -0.1) is 0 Å². The van der Waals surface area contributed by atoms with E-state index in [9.17, 15) is 13.2 Å². The van der Waals surface area contributed by atoms with Crippen molar-refractivity contribution in [2.24, 2.45) is 0 Å². The summed E-state index contributed by atoms with van der Waals surface area (Å²) in [7, 11) is -4.11. The molecule has 0 atom stereocenters. The second-order valence-corrected chi connectivity index (χ2v) is 7.48. The van der Waals surface area contributed by atoms with Gasteiger partial charge in [0, 0.05) is 5.02 Å². The van der Waals surface area contributed by atoms with Gasteiger partial charge in [0.05, 0.1) is 25.5 Å². The summed E-state index contributed by atoms with van der Waals surface area (Å²) in [6.07, 6.45) is 0. The fraction of sp³-hybridized carbons (Fsp3) is 0. The number of carbonyl (C=O) groups excluding carboxylic acids is 1. The summed E-state index contributed by atoms with van der Waals surface area (Å²) in [5.74, 6) is -0.882. The Bertz CT molecular complexity index is 852. The first-order chi connectivity index (χ1) is 10.2. The normalized spacial score (nSPS) is 11.3. The first kappa shape index (κ1) is 17.4. The Labute approximate surface area is 147 Å². The lowest BCUT2D eigenvalue weighted by Crippen LogP contribution is -2.30. The van der Waals surface area contributed by atoms with Gasteiger partial charge in [-0.2, -0.15) is 0 Å². The van der Waals surface area contributed by atoms with Gasteiger partial charge in [0.25, 0.3) is 15.9 Å². The van der Waals surface area contributed by atoms with E-state index in [1.54, 1.807) is 0 Å². The third kappa shape index (κ3) is 3.86. The molecule has 1 amide bonds. The van der Waals surface area contributed by atoms with Crippen LogP contribution in [0.2, 0.25) is 20.1 Å². The SMILES string of the molecule is O=C(NS(=O)(=O)c1ccc(Cl)c(Cl)c1)c1ccc(Cl)cc1Cl. The molecule has 0 aromatic heterocycles. The van der Waals surface area contributed by atoms with Crippen molar-refractivity contribution in [2.45, 2.75) is 4.90 Å². The molecule has 2 aromatic carbocycles.